The SMILES string of the molecule is CCC1=Cc2c(-c3cccc4ccccc34)cccc2[CH]1[Hf+2]1([CH]2C(CC)=Cc3c(-c4cccc5ccccc45)cccc32)[CH2][CH2]1.[Cl-].[Cl-]. The number of benzene rings is 6. The fourth-order valence-electron chi connectivity index (χ4n) is 9.18. The molecule has 3 heteroatoms. The van der Waals surface area contributed by atoms with Crippen molar-refractivity contribution in [2.75, 3.05) is 0 Å². The standard InChI is InChI=1S/2C21H17.C2H4.2ClH.Hf/c2*1-2-15-13-17-9-6-12-20(21(17)14-15)19-11-5-8-16-7-3-4-10-18(16)19;1-2;;;/h2*3-14H,2H2,1H3;1-2H2;2*1H;/q;;;;;+2/p-2. The fourth-order valence-corrected chi connectivity index (χ4v) is 37.7. The molecule has 0 spiro atoms. The summed E-state index contributed by atoms with van der Waals surface area (Å²) in [5.74, 6) is 0. The summed E-state index contributed by atoms with van der Waals surface area (Å²) in [4.78, 5) is 0. The number of allylic oxidation sites excluding steroid dienone is 2. The second-order valence-corrected chi connectivity index (χ2v) is 30.0. The molecule has 0 bridgehead atoms. The van der Waals surface area contributed by atoms with Crippen molar-refractivity contribution in [1.82, 2.24) is 0 Å². The Morgan fingerprint density at radius 2 is 0.851 bits per heavy atom. The molecule has 3 aliphatic rings. The molecule has 1 aliphatic heterocycles. The zero-order valence-corrected chi connectivity index (χ0v) is 32.0. The van der Waals surface area contributed by atoms with Crippen LogP contribution in [0.2, 0.25) is 8.35 Å². The summed E-state index contributed by atoms with van der Waals surface area (Å²) in [7, 11) is 0. The van der Waals surface area contributed by atoms with Gasteiger partial charge in [0, 0.05) is 0 Å². The van der Waals surface area contributed by atoms with Crippen LogP contribution in [-0.4, -0.2) is 0 Å². The molecular formula is C44H38Cl2Hf. The van der Waals surface area contributed by atoms with Gasteiger partial charge in [0.1, 0.15) is 0 Å². The van der Waals surface area contributed by atoms with Gasteiger partial charge < -0.3 is 24.8 Å². The molecule has 1 saturated heterocycles. The molecule has 47 heavy (non-hydrogen) atoms. The van der Waals surface area contributed by atoms with Gasteiger partial charge in [-0.3, -0.25) is 0 Å². The van der Waals surface area contributed by atoms with E-state index < -0.39 is 20.0 Å². The predicted octanol–water partition coefficient (Wildman–Crippen LogP) is 6.74. The Morgan fingerprint density at radius 1 is 0.468 bits per heavy atom. The van der Waals surface area contributed by atoms with Crippen LogP contribution in [0.1, 0.15) is 56.3 Å². The van der Waals surface area contributed by atoms with E-state index in [-0.39, 0.29) is 24.8 Å². The second-order valence-electron chi connectivity index (χ2n) is 13.4. The van der Waals surface area contributed by atoms with Crippen molar-refractivity contribution in [2.24, 2.45) is 0 Å². The van der Waals surface area contributed by atoms with Crippen LogP contribution in [0.3, 0.4) is 0 Å². The molecule has 0 aromatic heterocycles. The van der Waals surface area contributed by atoms with Crippen LogP contribution in [0.4, 0.5) is 0 Å². The van der Waals surface area contributed by atoms with Gasteiger partial charge in [-0.15, -0.1) is 0 Å². The van der Waals surface area contributed by atoms with Crippen LogP contribution >= 0.6 is 0 Å². The largest absolute Gasteiger partial charge is 1.00 e. The number of fused-ring (bicyclic) bond motifs is 4. The van der Waals surface area contributed by atoms with Gasteiger partial charge in [0.15, 0.2) is 0 Å². The first-order valence-corrected chi connectivity index (χ1v) is 26.1. The Morgan fingerprint density at radius 3 is 1.28 bits per heavy atom. The minimum atomic E-state index is -2.94. The van der Waals surface area contributed by atoms with Crippen LogP contribution in [-0.2, 0) is 20.0 Å². The third-order valence-corrected chi connectivity index (χ3v) is 30.4. The van der Waals surface area contributed by atoms with Crippen molar-refractivity contribution in [3.8, 4) is 22.3 Å². The first-order chi connectivity index (χ1) is 22.2. The van der Waals surface area contributed by atoms with Crippen LogP contribution in [0.25, 0.3) is 56.0 Å². The van der Waals surface area contributed by atoms with Gasteiger partial charge in [-0.1, -0.05) is 0 Å². The molecule has 6 aromatic rings. The van der Waals surface area contributed by atoms with E-state index in [9.17, 15) is 0 Å². The van der Waals surface area contributed by atoms with E-state index in [0.29, 0.717) is 7.35 Å². The maximum atomic E-state index is 2.63. The normalized spacial score (nSPS) is 17.8. The monoisotopic (exact) mass is 816 g/mol. The zero-order chi connectivity index (χ0) is 30.1. The summed E-state index contributed by atoms with van der Waals surface area (Å²) in [6.45, 7) is 4.81. The summed E-state index contributed by atoms with van der Waals surface area (Å²) in [5, 5.41) is 5.36. The Hall–Kier alpha value is -3.23. The van der Waals surface area contributed by atoms with Gasteiger partial charge >= 0.3 is 273 Å². The average Bonchev–Trinajstić information content (AvgIpc) is 3.63. The Balaban J connectivity index is 0.00000176. The van der Waals surface area contributed by atoms with Crippen molar-refractivity contribution in [3.63, 3.8) is 0 Å². The van der Waals surface area contributed by atoms with E-state index in [2.05, 4.69) is 147 Å². The van der Waals surface area contributed by atoms with Crippen molar-refractivity contribution in [2.45, 2.75) is 42.4 Å². The Kier molecular flexibility index (Phi) is 8.71. The van der Waals surface area contributed by atoms with Crippen molar-refractivity contribution >= 4 is 33.7 Å². The number of rotatable bonds is 6. The molecule has 0 saturated carbocycles. The van der Waals surface area contributed by atoms with Crippen molar-refractivity contribution in [1.29, 1.82) is 0 Å². The molecule has 2 atom stereocenters. The van der Waals surface area contributed by atoms with Gasteiger partial charge in [0.25, 0.3) is 0 Å². The van der Waals surface area contributed by atoms with Crippen LogP contribution in [0.5, 0.6) is 0 Å². The molecular weight excluding hydrogens is 778 g/mol. The molecule has 0 N–H and O–H groups in total. The minimum Gasteiger partial charge on any atom is -1.00 e. The van der Waals surface area contributed by atoms with Gasteiger partial charge in [0.05, 0.1) is 0 Å². The number of hydrogen-bond acceptors (Lipinski definition) is 0. The van der Waals surface area contributed by atoms with E-state index in [4.69, 9.17) is 0 Å². The van der Waals surface area contributed by atoms with E-state index >= 15 is 0 Å². The molecule has 9 rings (SSSR count). The van der Waals surface area contributed by atoms with E-state index in [0.717, 1.165) is 12.8 Å². The molecule has 0 radical (unpaired) electrons. The second kappa shape index (κ2) is 12.7. The topological polar surface area (TPSA) is 0 Å². The quantitative estimate of drug-likeness (QED) is 0.164. The molecule has 1 heterocycles. The zero-order valence-electron chi connectivity index (χ0n) is 26.9. The number of hydrogen-bond donors (Lipinski definition) is 0. The smallest absolute Gasteiger partial charge is 1.00 e. The Labute approximate surface area is 295 Å². The van der Waals surface area contributed by atoms with Crippen LogP contribution < -0.4 is 24.8 Å². The van der Waals surface area contributed by atoms with Crippen LogP contribution in [0.15, 0.2) is 132 Å². The molecule has 6 aromatic carbocycles. The molecule has 0 nitrogen and oxygen atoms in total. The van der Waals surface area contributed by atoms with Gasteiger partial charge in [-0.05, 0) is 0 Å². The first-order valence-electron chi connectivity index (χ1n) is 16.8. The molecule has 2 unspecified atom stereocenters. The summed E-state index contributed by atoms with van der Waals surface area (Å²) >= 11 is -2.94. The van der Waals surface area contributed by atoms with Crippen LogP contribution in [0, 0.1) is 0 Å². The molecule has 0 amide bonds. The summed E-state index contributed by atoms with van der Waals surface area (Å²) in [5.41, 5.74) is 15.3. The predicted molar refractivity (Wildman–Crippen MR) is 190 cm³/mol. The molecule has 232 valence electrons. The summed E-state index contributed by atoms with van der Waals surface area (Å²) < 4.78 is 4.37. The average molecular weight is 816 g/mol. The van der Waals surface area contributed by atoms with E-state index in [1.165, 1.54) is 63.3 Å². The summed E-state index contributed by atoms with van der Waals surface area (Å²) in [6, 6.07) is 45.9. The summed E-state index contributed by atoms with van der Waals surface area (Å²) in [6.07, 6.45) is 7.57. The maximum Gasteiger partial charge on any atom is -1.00 e. The van der Waals surface area contributed by atoms with Gasteiger partial charge in [-0.2, -0.15) is 0 Å². The number of halogens is 2. The molecule has 1 fully saturated rings. The third-order valence-electron chi connectivity index (χ3n) is 11.3. The minimum absolute atomic E-state index is 0. The van der Waals surface area contributed by atoms with Gasteiger partial charge in [0.2, 0.25) is 0 Å². The molecule has 2 aliphatic carbocycles. The van der Waals surface area contributed by atoms with Crippen molar-refractivity contribution < 1.29 is 44.8 Å². The van der Waals surface area contributed by atoms with Gasteiger partial charge in [-0.25, -0.2) is 0 Å². The Bertz CT molecular complexity index is 2060. The first kappa shape index (κ1) is 32.3. The maximum absolute atomic E-state index is 2.94. The fraction of sp³-hybridized carbons (Fsp3) is 0.182. The third kappa shape index (κ3) is 4.96. The van der Waals surface area contributed by atoms with E-state index in [1.807, 2.05) is 0 Å². The van der Waals surface area contributed by atoms with E-state index in [1.54, 1.807) is 22.3 Å². The van der Waals surface area contributed by atoms with Crippen molar-refractivity contribution in [3.05, 3.63) is 155 Å².